The number of aliphatic hydroxyl groups is 1. The summed E-state index contributed by atoms with van der Waals surface area (Å²) in [6.45, 7) is 6.04. The number of aryl methyl sites for hydroxylation is 1. The molecule has 1 aromatic heterocycles. The molecule has 0 aliphatic heterocycles. The number of carbonyl (C=O) groups is 1. The highest BCUT2D eigenvalue weighted by Gasteiger charge is 2.51. The smallest absolute Gasteiger partial charge is 0.236 e. The minimum Gasteiger partial charge on any atom is -0.383 e. The SMILES string of the molecule is CC.Cc1ccc(C2(C(=O)Nc3ncc(C(O)c4ccccc4)s3)CC2)cc1. The molecule has 1 atom stereocenters. The second-order valence-electron chi connectivity index (χ2n) is 6.78. The molecule has 0 saturated heterocycles. The molecule has 1 saturated carbocycles. The number of nitrogens with one attached hydrogen (secondary N) is 1. The monoisotopic (exact) mass is 394 g/mol. The summed E-state index contributed by atoms with van der Waals surface area (Å²) < 4.78 is 0. The van der Waals surface area contributed by atoms with Crippen LogP contribution in [-0.2, 0) is 10.2 Å². The summed E-state index contributed by atoms with van der Waals surface area (Å²) in [5.74, 6) is -0.0172. The predicted molar refractivity (Wildman–Crippen MR) is 115 cm³/mol. The van der Waals surface area contributed by atoms with Gasteiger partial charge in [-0.25, -0.2) is 4.98 Å². The largest absolute Gasteiger partial charge is 0.383 e. The first-order chi connectivity index (χ1) is 13.6. The molecular formula is C23H26N2O2S. The number of carbonyl (C=O) groups excluding carboxylic acids is 1. The molecule has 5 heteroatoms. The summed E-state index contributed by atoms with van der Waals surface area (Å²) in [6.07, 6.45) is 2.61. The number of aliphatic hydroxyl groups excluding tert-OH is 1. The average Bonchev–Trinajstić information content (AvgIpc) is 3.43. The van der Waals surface area contributed by atoms with Crippen molar-refractivity contribution in [2.24, 2.45) is 0 Å². The highest BCUT2D eigenvalue weighted by Crippen LogP contribution is 2.49. The van der Waals surface area contributed by atoms with Gasteiger partial charge >= 0.3 is 0 Å². The van der Waals surface area contributed by atoms with Gasteiger partial charge in [0, 0.05) is 6.20 Å². The topological polar surface area (TPSA) is 62.2 Å². The molecule has 2 N–H and O–H groups in total. The summed E-state index contributed by atoms with van der Waals surface area (Å²) in [5.41, 5.74) is 2.62. The molecule has 0 spiro atoms. The van der Waals surface area contributed by atoms with Crippen LogP contribution in [0.1, 0.15) is 54.4 Å². The zero-order valence-corrected chi connectivity index (χ0v) is 17.3. The molecule has 1 heterocycles. The Hall–Kier alpha value is -2.50. The lowest BCUT2D eigenvalue weighted by molar-refractivity contribution is -0.118. The second kappa shape index (κ2) is 8.67. The number of anilines is 1. The molecule has 4 nitrogen and oxygen atoms in total. The zero-order chi connectivity index (χ0) is 20.1. The van der Waals surface area contributed by atoms with Gasteiger partial charge in [0.2, 0.25) is 5.91 Å². The van der Waals surface area contributed by atoms with Crippen LogP contribution in [0.4, 0.5) is 5.13 Å². The lowest BCUT2D eigenvalue weighted by atomic mass is 9.94. The fourth-order valence-electron chi connectivity index (χ4n) is 3.13. The van der Waals surface area contributed by atoms with Gasteiger partial charge in [0.15, 0.2) is 5.13 Å². The molecule has 3 aromatic rings. The van der Waals surface area contributed by atoms with E-state index in [0.717, 1.165) is 24.0 Å². The van der Waals surface area contributed by atoms with E-state index >= 15 is 0 Å². The Kier molecular flexibility index (Phi) is 6.27. The van der Waals surface area contributed by atoms with Crippen molar-refractivity contribution >= 4 is 22.4 Å². The third-order valence-corrected chi connectivity index (χ3v) is 5.88. The molecule has 28 heavy (non-hydrogen) atoms. The Morgan fingerprint density at radius 1 is 1.11 bits per heavy atom. The molecule has 146 valence electrons. The van der Waals surface area contributed by atoms with E-state index < -0.39 is 11.5 Å². The van der Waals surface area contributed by atoms with E-state index in [4.69, 9.17) is 0 Å². The minimum absolute atomic E-state index is 0.0172. The van der Waals surface area contributed by atoms with Gasteiger partial charge in [-0.15, -0.1) is 0 Å². The van der Waals surface area contributed by atoms with Crippen molar-refractivity contribution in [3.63, 3.8) is 0 Å². The molecule has 2 aromatic carbocycles. The third-order valence-electron chi connectivity index (χ3n) is 4.92. The fraction of sp³-hybridized carbons (Fsp3) is 0.304. The first-order valence-electron chi connectivity index (χ1n) is 9.66. The number of rotatable bonds is 5. The molecule has 1 fully saturated rings. The molecule has 1 aliphatic carbocycles. The van der Waals surface area contributed by atoms with E-state index in [0.29, 0.717) is 10.0 Å². The first-order valence-corrected chi connectivity index (χ1v) is 10.5. The summed E-state index contributed by atoms with van der Waals surface area (Å²) >= 11 is 1.31. The van der Waals surface area contributed by atoms with Gasteiger partial charge < -0.3 is 10.4 Å². The molecule has 1 aliphatic rings. The maximum absolute atomic E-state index is 12.8. The van der Waals surface area contributed by atoms with Crippen LogP contribution in [0, 0.1) is 6.92 Å². The van der Waals surface area contributed by atoms with Crippen LogP contribution in [-0.4, -0.2) is 16.0 Å². The van der Waals surface area contributed by atoms with Gasteiger partial charge in [0.25, 0.3) is 0 Å². The standard InChI is InChI=1S/C21H20N2O2S.C2H6/c1-14-7-9-16(10-8-14)21(11-12-21)19(25)23-20-22-13-17(26-20)18(24)15-5-3-2-4-6-15;1-2/h2-10,13,18,24H,11-12H2,1H3,(H,22,23,25);1-2H3. The van der Waals surface area contributed by atoms with Gasteiger partial charge in [0.1, 0.15) is 6.10 Å². The Balaban J connectivity index is 0.00000109. The van der Waals surface area contributed by atoms with Crippen LogP contribution in [0.2, 0.25) is 0 Å². The van der Waals surface area contributed by atoms with Crippen LogP contribution < -0.4 is 5.32 Å². The summed E-state index contributed by atoms with van der Waals surface area (Å²) in [6, 6.07) is 17.6. The van der Waals surface area contributed by atoms with Crippen molar-refractivity contribution in [3.05, 3.63) is 82.4 Å². The quantitative estimate of drug-likeness (QED) is 0.623. The zero-order valence-electron chi connectivity index (χ0n) is 16.5. The van der Waals surface area contributed by atoms with E-state index in [1.807, 2.05) is 75.4 Å². The Bertz CT molecular complexity index is 915. The highest BCUT2D eigenvalue weighted by molar-refractivity contribution is 7.15. The molecule has 1 amide bonds. The Morgan fingerprint density at radius 3 is 2.36 bits per heavy atom. The van der Waals surface area contributed by atoms with Gasteiger partial charge in [0.05, 0.1) is 10.3 Å². The Labute approximate surface area is 170 Å². The van der Waals surface area contributed by atoms with Crippen LogP contribution in [0.25, 0.3) is 0 Å². The number of benzene rings is 2. The third kappa shape index (κ3) is 4.16. The molecule has 0 bridgehead atoms. The van der Waals surface area contributed by atoms with E-state index in [1.165, 1.54) is 16.9 Å². The van der Waals surface area contributed by atoms with Gasteiger partial charge in [-0.2, -0.15) is 0 Å². The number of aromatic nitrogens is 1. The van der Waals surface area contributed by atoms with Gasteiger partial charge in [-0.3, -0.25) is 4.79 Å². The lowest BCUT2D eigenvalue weighted by Crippen LogP contribution is -2.27. The highest BCUT2D eigenvalue weighted by atomic mass is 32.1. The van der Waals surface area contributed by atoms with Crippen LogP contribution in [0.5, 0.6) is 0 Å². The van der Waals surface area contributed by atoms with Crippen LogP contribution >= 0.6 is 11.3 Å². The first kappa shape index (κ1) is 20.2. The number of hydrogen-bond donors (Lipinski definition) is 2. The molecule has 4 rings (SSSR count). The number of thiazole rings is 1. The number of nitrogens with zero attached hydrogens (tertiary/aromatic N) is 1. The van der Waals surface area contributed by atoms with E-state index in [-0.39, 0.29) is 5.91 Å². The lowest BCUT2D eigenvalue weighted by Gasteiger charge is -2.14. The fourth-order valence-corrected chi connectivity index (χ4v) is 3.96. The second-order valence-corrected chi connectivity index (χ2v) is 7.85. The Morgan fingerprint density at radius 2 is 1.75 bits per heavy atom. The maximum atomic E-state index is 12.8. The van der Waals surface area contributed by atoms with Crippen molar-refractivity contribution in [1.82, 2.24) is 4.98 Å². The van der Waals surface area contributed by atoms with E-state index in [9.17, 15) is 9.90 Å². The number of hydrogen-bond acceptors (Lipinski definition) is 4. The molecule has 0 radical (unpaired) electrons. The summed E-state index contributed by atoms with van der Waals surface area (Å²) in [4.78, 5) is 17.8. The molecular weight excluding hydrogens is 368 g/mol. The predicted octanol–water partition coefficient (Wildman–Crippen LogP) is 5.23. The average molecular weight is 395 g/mol. The van der Waals surface area contributed by atoms with E-state index in [2.05, 4.69) is 10.3 Å². The molecule has 1 unspecified atom stereocenters. The minimum atomic E-state index is -0.730. The maximum Gasteiger partial charge on any atom is 0.236 e. The summed E-state index contributed by atoms with van der Waals surface area (Å²) in [7, 11) is 0. The van der Waals surface area contributed by atoms with Crippen molar-refractivity contribution in [3.8, 4) is 0 Å². The van der Waals surface area contributed by atoms with Gasteiger partial charge in [-0.05, 0) is 30.9 Å². The normalized spacial score (nSPS) is 15.1. The summed E-state index contributed by atoms with van der Waals surface area (Å²) in [5, 5.41) is 13.9. The number of amides is 1. The van der Waals surface area contributed by atoms with Crippen molar-refractivity contribution in [2.75, 3.05) is 5.32 Å². The van der Waals surface area contributed by atoms with E-state index in [1.54, 1.807) is 6.20 Å². The van der Waals surface area contributed by atoms with Crippen molar-refractivity contribution in [2.45, 2.75) is 45.1 Å². The van der Waals surface area contributed by atoms with Crippen LogP contribution in [0.15, 0.2) is 60.8 Å². The van der Waals surface area contributed by atoms with Crippen molar-refractivity contribution < 1.29 is 9.90 Å². The van der Waals surface area contributed by atoms with Crippen molar-refractivity contribution in [1.29, 1.82) is 0 Å². The van der Waals surface area contributed by atoms with Gasteiger partial charge in [-0.1, -0.05) is 85.3 Å². The van der Waals surface area contributed by atoms with Crippen LogP contribution in [0.3, 0.4) is 0 Å².